The molecule has 0 aliphatic heterocycles. The summed E-state index contributed by atoms with van der Waals surface area (Å²) in [5, 5.41) is 5.21. The Bertz CT molecular complexity index is 3410. The van der Waals surface area contributed by atoms with Crippen LogP contribution in [0.15, 0.2) is 218 Å². The minimum Gasteiger partial charge on any atom is -0.310 e. The first-order valence-electron chi connectivity index (χ1n) is 21.5. The minimum absolute atomic E-state index is 0.596. The average molecular weight is 777 g/mol. The Morgan fingerprint density at radius 1 is 0.443 bits per heavy atom. The van der Waals surface area contributed by atoms with Crippen molar-refractivity contribution in [3.8, 4) is 27.9 Å². The molecule has 0 bridgehead atoms. The van der Waals surface area contributed by atoms with Gasteiger partial charge in [0.05, 0.1) is 22.1 Å². The number of anilines is 3. The fourth-order valence-corrected chi connectivity index (χ4v) is 11.1. The van der Waals surface area contributed by atoms with Gasteiger partial charge in [-0.25, -0.2) is 0 Å². The van der Waals surface area contributed by atoms with Crippen LogP contribution in [0.4, 0.5) is 17.1 Å². The van der Waals surface area contributed by atoms with Crippen molar-refractivity contribution in [3.05, 3.63) is 246 Å². The number of para-hydroxylation sites is 3. The van der Waals surface area contributed by atoms with Gasteiger partial charge in [-0.3, -0.25) is 0 Å². The van der Waals surface area contributed by atoms with Gasteiger partial charge < -0.3 is 9.47 Å². The maximum Gasteiger partial charge on any atom is 0.0727 e. The second kappa shape index (κ2) is 13.2. The molecule has 0 fully saturated rings. The lowest BCUT2D eigenvalue weighted by atomic mass is 9.62. The zero-order chi connectivity index (χ0) is 40.1. The Morgan fingerprint density at radius 2 is 1.07 bits per heavy atom. The topological polar surface area (TPSA) is 8.17 Å². The molecule has 2 nitrogen and oxygen atoms in total. The molecule has 1 unspecified atom stereocenters. The molecule has 13 rings (SSSR count). The Morgan fingerprint density at radius 3 is 1.75 bits per heavy atom. The van der Waals surface area contributed by atoms with Gasteiger partial charge in [0.2, 0.25) is 0 Å². The van der Waals surface area contributed by atoms with Crippen LogP contribution in [-0.4, -0.2) is 4.57 Å². The first-order valence-corrected chi connectivity index (χ1v) is 21.5. The molecule has 0 saturated carbocycles. The fraction of sp³-hybridized carbons (Fsp3) is 0.0508. The van der Waals surface area contributed by atoms with E-state index in [0.717, 1.165) is 29.9 Å². The maximum atomic E-state index is 2.56. The molecule has 1 aromatic heterocycles. The van der Waals surface area contributed by atoms with Crippen LogP contribution in [0.1, 0.15) is 40.7 Å². The fourth-order valence-electron chi connectivity index (χ4n) is 11.1. The van der Waals surface area contributed by atoms with Gasteiger partial charge in [-0.05, 0) is 141 Å². The van der Waals surface area contributed by atoms with E-state index in [9.17, 15) is 0 Å². The largest absolute Gasteiger partial charge is 0.310 e. The minimum atomic E-state index is -0.596. The normalized spacial score (nSPS) is 15.8. The standard InChI is InChI=1S/C59H40N2/c1-6-17-39(18-7-1)41-29-31-46-47-32-30-42(40-19-8-2-9-20-40)38-52(47)59(51(46)37-41)49-27-16-28-54-57(49)58-55(61(54)45-25-14-5-15-26-45)35-33-48-53(36-34-50(59)56(48)58)60(43-21-10-3-11-22-43)44-23-12-4-13-24-44/h1-8,10-19,21-38H,9,20H2. The maximum absolute atomic E-state index is 2.56. The summed E-state index contributed by atoms with van der Waals surface area (Å²) in [4.78, 5) is 2.44. The highest BCUT2D eigenvalue weighted by atomic mass is 15.1. The monoisotopic (exact) mass is 776 g/mol. The molecule has 0 N–H and O–H groups in total. The quantitative estimate of drug-likeness (QED) is 0.163. The summed E-state index contributed by atoms with van der Waals surface area (Å²) in [6.07, 6.45) is 8.95. The van der Waals surface area contributed by atoms with Crippen LogP contribution in [0.2, 0.25) is 0 Å². The van der Waals surface area contributed by atoms with Crippen LogP contribution in [0.5, 0.6) is 0 Å². The molecule has 1 heterocycles. The van der Waals surface area contributed by atoms with Gasteiger partial charge in [-0.1, -0.05) is 152 Å². The number of benzene rings is 9. The van der Waals surface area contributed by atoms with Crippen molar-refractivity contribution in [2.24, 2.45) is 0 Å². The summed E-state index contributed by atoms with van der Waals surface area (Å²) in [6.45, 7) is 0. The van der Waals surface area contributed by atoms with Crippen molar-refractivity contribution in [1.82, 2.24) is 4.57 Å². The summed E-state index contributed by atoms with van der Waals surface area (Å²) in [5.74, 6) is 0. The molecule has 3 aliphatic carbocycles. The molecule has 10 aromatic rings. The van der Waals surface area contributed by atoms with Crippen molar-refractivity contribution in [1.29, 1.82) is 0 Å². The molecule has 3 aliphatic rings. The summed E-state index contributed by atoms with van der Waals surface area (Å²) in [5.41, 5.74) is 19.6. The van der Waals surface area contributed by atoms with E-state index in [2.05, 4.69) is 228 Å². The van der Waals surface area contributed by atoms with E-state index in [1.165, 1.54) is 93.9 Å². The van der Waals surface area contributed by atoms with Crippen LogP contribution in [0.25, 0.3) is 66.1 Å². The van der Waals surface area contributed by atoms with E-state index >= 15 is 0 Å². The van der Waals surface area contributed by atoms with Crippen molar-refractivity contribution in [3.63, 3.8) is 0 Å². The zero-order valence-electron chi connectivity index (χ0n) is 33.6. The molecule has 1 spiro atoms. The van der Waals surface area contributed by atoms with E-state index in [0.29, 0.717) is 0 Å². The van der Waals surface area contributed by atoms with E-state index in [-0.39, 0.29) is 0 Å². The van der Waals surface area contributed by atoms with Gasteiger partial charge in [0.25, 0.3) is 0 Å². The van der Waals surface area contributed by atoms with Crippen molar-refractivity contribution in [2.45, 2.75) is 18.3 Å². The molecule has 0 saturated heterocycles. The Hall–Kier alpha value is -7.68. The van der Waals surface area contributed by atoms with E-state index < -0.39 is 5.41 Å². The molecular weight excluding hydrogens is 737 g/mol. The van der Waals surface area contributed by atoms with Crippen LogP contribution in [-0.2, 0) is 5.41 Å². The lowest BCUT2D eigenvalue weighted by Crippen LogP contribution is -2.31. The van der Waals surface area contributed by atoms with Crippen molar-refractivity contribution < 1.29 is 0 Å². The van der Waals surface area contributed by atoms with Crippen molar-refractivity contribution >= 4 is 55.2 Å². The number of rotatable bonds is 6. The number of aromatic nitrogens is 1. The number of hydrogen-bond donors (Lipinski definition) is 0. The predicted molar refractivity (Wildman–Crippen MR) is 256 cm³/mol. The molecule has 61 heavy (non-hydrogen) atoms. The molecule has 0 radical (unpaired) electrons. The first-order chi connectivity index (χ1) is 30.3. The molecule has 1 atom stereocenters. The lowest BCUT2D eigenvalue weighted by Gasteiger charge is -2.39. The third kappa shape index (κ3) is 4.79. The van der Waals surface area contributed by atoms with Gasteiger partial charge >= 0.3 is 0 Å². The first kappa shape index (κ1) is 34.2. The van der Waals surface area contributed by atoms with Gasteiger partial charge in [-0.15, -0.1) is 0 Å². The summed E-state index contributed by atoms with van der Waals surface area (Å²) < 4.78 is 2.50. The average Bonchev–Trinajstić information content (AvgIpc) is 3.83. The zero-order valence-corrected chi connectivity index (χ0v) is 33.6. The van der Waals surface area contributed by atoms with Gasteiger partial charge in [0, 0.05) is 33.2 Å². The third-order valence-corrected chi connectivity index (χ3v) is 13.6. The lowest BCUT2D eigenvalue weighted by molar-refractivity contribution is 0.782. The predicted octanol–water partition coefficient (Wildman–Crippen LogP) is 15.5. The second-order valence-corrected chi connectivity index (χ2v) is 16.7. The van der Waals surface area contributed by atoms with Gasteiger partial charge in [0.15, 0.2) is 0 Å². The number of hydrogen-bond acceptors (Lipinski definition) is 1. The Labute approximate surface area is 355 Å². The Balaban J connectivity index is 1.22. The van der Waals surface area contributed by atoms with E-state index in [1.54, 1.807) is 0 Å². The smallest absolute Gasteiger partial charge is 0.0727 e. The Kier molecular flexibility index (Phi) is 7.38. The molecular formula is C59H40N2. The highest BCUT2D eigenvalue weighted by Crippen LogP contribution is 2.63. The summed E-state index contributed by atoms with van der Waals surface area (Å²) >= 11 is 0. The van der Waals surface area contributed by atoms with E-state index in [1.807, 2.05) is 0 Å². The van der Waals surface area contributed by atoms with E-state index in [4.69, 9.17) is 0 Å². The highest BCUT2D eigenvalue weighted by molar-refractivity contribution is 6.28. The second-order valence-electron chi connectivity index (χ2n) is 16.7. The SMILES string of the molecule is C1=CCCC(c2ccc3c(c2)C2(c4cc(-c5ccccc5)ccc4-3)c3ccc(N(c4ccccc4)c4ccccc4)c4ccc5c(c34)c3c2cccc3n5-c2ccccc2)=C1. The van der Waals surface area contributed by atoms with Crippen LogP contribution >= 0.6 is 0 Å². The number of allylic oxidation sites excluding steroid dienone is 4. The van der Waals surface area contributed by atoms with Crippen molar-refractivity contribution in [2.75, 3.05) is 4.90 Å². The summed E-state index contributed by atoms with van der Waals surface area (Å²) in [7, 11) is 0. The highest BCUT2D eigenvalue weighted by Gasteiger charge is 2.51. The molecule has 0 amide bonds. The molecule has 2 heteroatoms. The number of fused-ring (bicyclic) bond motifs is 7. The third-order valence-electron chi connectivity index (χ3n) is 13.6. The van der Waals surface area contributed by atoms with Gasteiger partial charge in [0.1, 0.15) is 0 Å². The summed E-state index contributed by atoms with van der Waals surface area (Å²) in [6, 6.07) is 74.9. The molecule has 9 aromatic carbocycles. The van der Waals surface area contributed by atoms with Gasteiger partial charge in [-0.2, -0.15) is 0 Å². The van der Waals surface area contributed by atoms with Crippen LogP contribution in [0.3, 0.4) is 0 Å². The van der Waals surface area contributed by atoms with Crippen LogP contribution in [0, 0.1) is 0 Å². The number of nitrogens with zero attached hydrogens (tertiary/aromatic N) is 2. The molecule has 286 valence electrons. The van der Waals surface area contributed by atoms with Crippen LogP contribution < -0.4 is 4.90 Å².